The Labute approximate surface area is 215 Å². The van der Waals surface area contributed by atoms with Crippen LogP contribution in [0.2, 0.25) is 0 Å². The molecule has 4 amide bonds. The lowest BCUT2D eigenvalue weighted by atomic mass is 10.1. The summed E-state index contributed by atoms with van der Waals surface area (Å²) in [5, 5.41) is 20.0. The van der Waals surface area contributed by atoms with Crippen LogP contribution in [-0.2, 0) is 36.2 Å². The Balaban J connectivity index is 2.17. The van der Waals surface area contributed by atoms with Gasteiger partial charge in [-0.05, 0) is 31.5 Å². The van der Waals surface area contributed by atoms with Crippen LogP contribution in [0.3, 0.4) is 0 Å². The molecule has 0 bridgehead atoms. The molecule has 1 unspecified atom stereocenters. The molecule has 5 N–H and O–H groups in total. The molecule has 0 aliphatic heterocycles. The number of para-hydroxylation sites is 1. The number of hydrazine groups is 1. The van der Waals surface area contributed by atoms with Crippen molar-refractivity contribution < 1.29 is 29.1 Å². The van der Waals surface area contributed by atoms with E-state index in [-0.39, 0.29) is 18.9 Å². The summed E-state index contributed by atoms with van der Waals surface area (Å²) in [6.07, 6.45) is 0.227. The summed E-state index contributed by atoms with van der Waals surface area (Å²) >= 11 is 0. The highest BCUT2D eigenvalue weighted by atomic mass is 16.4. The van der Waals surface area contributed by atoms with E-state index < -0.39 is 42.4 Å². The zero-order valence-electron chi connectivity index (χ0n) is 21.8. The number of likely N-dealkylation sites (N-methyl/N-ethyl adjacent to an activating group) is 1. The van der Waals surface area contributed by atoms with Crippen LogP contribution in [0, 0.1) is 0 Å². The van der Waals surface area contributed by atoms with Crippen LogP contribution >= 0.6 is 0 Å². The Morgan fingerprint density at radius 1 is 0.946 bits per heavy atom. The van der Waals surface area contributed by atoms with Crippen LogP contribution in [-0.4, -0.2) is 90.0 Å². The summed E-state index contributed by atoms with van der Waals surface area (Å²) in [5.41, 5.74) is 2.45. The topological polar surface area (TPSA) is 165 Å². The highest BCUT2D eigenvalue weighted by Crippen LogP contribution is 2.31. The predicted molar refractivity (Wildman–Crippen MR) is 136 cm³/mol. The predicted octanol–water partition coefficient (Wildman–Crippen LogP) is -0.818. The van der Waals surface area contributed by atoms with Gasteiger partial charge < -0.3 is 30.5 Å². The molecule has 0 aliphatic carbocycles. The van der Waals surface area contributed by atoms with E-state index in [2.05, 4.69) is 21.4 Å². The van der Waals surface area contributed by atoms with Gasteiger partial charge in [-0.15, -0.1) is 0 Å². The molecule has 2 aromatic rings. The molecule has 0 saturated carbocycles. The molecular weight excluding hydrogens is 482 g/mol. The fraction of sp³-hybridized carbons (Fsp3) is 0.458. The third-order valence-electron chi connectivity index (χ3n) is 6.09. The summed E-state index contributed by atoms with van der Waals surface area (Å²) in [6, 6.07) is 9.15. The molecule has 37 heavy (non-hydrogen) atoms. The van der Waals surface area contributed by atoms with E-state index in [1.807, 2.05) is 18.2 Å². The van der Waals surface area contributed by atoms with Crippen molar-refractivity contribution in [2.45, 2.75) is 32.5 Å². The molecule has 1 aromatic heterocycles. The lowest BCUT2D eigenvalue weighted by Gasteiger charge is -2.38. The van der Waals surface area contributed by atoms with Gasteiger partial charge >= 0.3 is 5.97 Å². The Kier molecular flexibility index (Phi) is 10.1. The third kappa shape index (κ3) is 7.05. The van der Waals surface area contributed by atoms with Crippen molar-refractivity contribution in [1.29, 1.82) is 0 Å². The van der Waals surface area contributed by atoms with Gasteiger partial charge in [0, 0.05) is 26.2 Å². The number of hydrogen-bond acceptors (Lipinski definition) is 7. The van der Waals surface area contributed by atoms with Crippen LogP contribution in [0.4, 0.5) is 0 Å². The lowest BCUT2D eigenvalue weighted by Crippen LogP contribution is -2.57. The first kappa shape index (κ1) is 29.3. The molecule has 2 rings (SSSR count). The van der Waals surface area contributed by atoms with E-state index in [4.69, 9.17) is 0 Å². The Hall–Kier alpha value is -3.97. The second-order valence-corrected chi connectivity index (χ2v) is 8.57. The maximum atomic E-state index is 13.0. The molecule has 0 aliphatic rings. The van der Waals surface area contributed by atoms with Crippen LogP contribution in [0.25, 0.3) is 10.9 Å². The SMILES string of the molecule is CCC(=O)NCC(=O)NCC(=O)NCC(=O)N(C)C(C)(C(=O)O)n1c(CN(C)NC)cc2ccccc21. The first-order valence-electron chi connectivity index (χ1n) is 11.7. The molecule has 0 radical (unpaired) electrons. The van der Waals surface area contributed by atoms with Crippen molar-refractivity contribution in [3.8, 4) is 0 Å². The first-order chi connectivity index (χ1) is 17.4. The number of amides is 4. The summed E-state index contributed by atoms with van der Waals surface area (Å²) in [6.45, 7) is 2.27. The molecule has 1 atom stereocenters. The van der Waals surface area contributed by atoms with E-state index in [1.165, 1.54) is 14.0 Å². The van der Waals surface area contributed by atoms with Crippen LogP contribution in [0.5, 0.6) is 0 Å². The highest BCUT2D eigenvalue weighted by molar-refractivity contribution is 5.92. The number of hydrogen-bond donors (Lipinski definition) is 5. The fourth-order valence-corrected chi connectivity index (χ4v) is 3.70. The number of benzene rings is 1. The average molecular weight is 518 g/mol. The fourth-order valence-electron chi connectivity index (χ4n) is 3.70. The maximum absolute atomic E-state index is 13.0. The largest absolute Gasteiger partial charge is 0.478 e. The number of nitrogens with one attached hydrogen (secondary N) is 4. The van der Waals surface area contributed by atoms with Gasteiger partial charge in [-0.25, -0.2) is 9.80 Å². The van der Waals surface area contributed by atoms with E-state index >= 15 is 0 Å². The molecule has 13 nitrogen and oxygen atoms in total. The Bertz CT molecular complexity index is 1160. The minimum Gasteiger partial charge on any atom is -0.478 e. The highest BCUT2D eigenvalue weighted by Gasteiger charge is 2.44. The van der Waals surface area contributed by atoms with Crippen LogP contribution in [0.15, 0.2) is 30.3 Å². The smallest absolute Gasteiger partial charge is 0.350 e. The number of carbonyl (C=O) groups is 5. The number of nitrogens with zero attached hydrogens (tertiary/aromatic N) is 3. The van der Waals surface area contributed by atoms with E-state index in [0.29, 0.717) is 17.8 Å². The minimum atomic E-state index is -1.82. The van der Waals surface area contributed by atoms with Crippen LogP contribution < -0.4 is 21.4 Å². The number of aromatic nitrogens is 1. The standard InChI is InChI=1S/C24H35N7O6/c1-6-19(32)26-12-20(33)27-13-21(34)28-14-22(35)30(5)24(2,23(36)37)31-17(15-29(4)25-3)11-16-9-7-8-10-18(16)31/h7-11,25H,6,12-15H2,1-5H3,(H,26,32)(H,27,33)(H,28,34)(H,36,37). The first-order valence-corrected chi connectivity index (χ1v) is 11.7. The number of carboxylic acids is 1. The normalized spacial score (nSPS) is 12.6. The minimum absolute atomic E-state index is 0.227. The van der Waals surface area contributed by atoms with E-state index in [9.17, 15) is 29.1 Å². The van der Waals surface area contributed by atoms with Crippen molar-refractivity contribution in [2.75, 3.05) is 40.8 Å². The van der Waals surface area contributed by atoms with E-state index in [1.54, 1.807) is 42.7 Å². The second kappa shape index (κ2) is 12.8. The van der Waals surface area contributed by atoms with Gasteiger partial charge in [0.1, 0.15) is 0 Å². The van der Waals surface area contributed by atoms with E-state index in [0.717, 1.165) is 10.3 Å². The summed E-state index contributed by atoms with van der Waals surface area (Å²) in [7, 11) is 4.91. The van der Waals surface area contributed by atoms with Gasteiger partial charge in [0.15, 0.2) is 0 Å². The molecule has 202 valence electrons. The van der Waals surface area contributed by atoms with Gasteiger partial charge in [0.25, 0.3) is 0 Å². The van der Waals surface area contributed by atoms with Crippen LogP contribution in [0.1, 0.15) is 26.0 Å². The van der Waals surface area contributed by atoms with Gasteiger partial charge in [-0.1, -0.05) is 25.1 Å². The molecule has 0 fully saturated rings. The molecule has 1 heterocycles. The van der Waals surface area contributed by atoms with Crippen molar-refractivity contribution in [3.05, 3.63) is 36.0 Å². The van der Waals surface area contributed by atoms with Crippen molar-refractivity contribution >= 4 is 40.5 Å². The zero-order valence-corrected chi connectivity index (χ0v) is 21.8. The van der Waals surface area contributed by atoms with Gasteiger partial charge in [-0.3, -0.25) is 24.6 Å². The molecule has 0 saturated heterocycles. The second-order valence-electron chi connectivity index (χ2n) is 8.57. The average Bonchev–Trinajstić information content (AvgIpc) is 3.25. The summed E-state index contributed by atoms with van der Waals surface area (Å²) in [4.78, 5) is 61.9. The molecule has 1 aromatic carbocycles. The molecule has 0 spiro atoms. The number of rotatable bonds is 13. The van der Waals surface area contributed by atoms with Crippen molar-refractivity contribution in [2.24, 2.45) is 0 Å². The number of fused-ring (bicyclic) bond motifs is 1. The Morgan fingerprint density at radius 3 is 2.08 bits per heavy atom. The van der Waals surface area contributed by atoms with Gasteiger partial charge in [0.2, 0.25) is 29.3 Å². The Morgan fingerprint density at radius 2 is 1.51 bits per heavy atom. The molecular formula is C24H35N7O6. The van der Waals surface area contributed by atoms with Crippen molar-refractivity contribution in [3.63, 3.8) is 0 Å². The molecule has 13 heteroatoms. The lowest BCUT2D eigenvalue weighted by molar-refractivity contribution is -0.163. The quantitative estimate of drug-likeness (QED) is 0.215. The van der Waals surface area contributed by atoms with Gasteiger partial charge in [0.05, 0.1) is 31.7 Å². The van der Waals surface area contributed by atoms with Gasteiger partial charge in [-0.2, -0.15) is 0 Å². The summed E-state index contributed by atoms with van der Waals surface area (Å²) in [5.74, 6) is -3.41. The maximum Gasteiger partial charge on any atom is 0.350 e. The monoisotopic (exact) mass is 517 g/mol. The third-order valence-corrected chi connectivity index (χ3v) is 6.09. The summed E-state index contributed by atoms with van der Waals surface area (Å²) < 4.78 is 1.60. The zero-order chi connectivity index (χ0) is 27.8. The number of carbonyl (C=O) groups excluding carboxylic acids is 4. The number of carboxylic acid groups (broad SMARTS) is 1. The van der Waals surface area contributed by atoms with Crippen molar-refractivity contribution in [1.82, 2.24) is 35.9 Å². The number of aliphatic carboxylic acids is 1.